The van der Waals surface area contributed by atoms with E-state index in [0.29, 0.717) is 30.5 Å². The highest BCUT2D eigenvalue weighted by atomic mass is 16.5. The van der Waals surface area contributed by atoms with Crippen LogP contribution in [-0.2, 0) is 13.0 Å². The molecule has 6 nitrogen and oxygen atoms in total. The number of hydrogen-bond acceptors (Lipinski definition) is 5. The van der Waals surface area contributed by atoms with Gasteiger partial charge in [-0.2, -0.15) is 9.97 Å². The van der Waals surface area contributed by atoms with Crippen LogP contribution in [0.3, 0.4) is 0 Å². The van der Waals surface area contributed by atoms with E-state index in [1.165, 1.54) is 11.1 Å². The molecule has 24 heavy (non-hydrogen) atoms. The normalized spacial score (nSPS) is 15.9. The van der Waals surface area contributed by atoms with Crippen LogP contribution in [0.2, 0.25) is 0 Å². The van der Waals surface area contributed by atoms with E-state index in [1.807, 2.05) is 6.92 Å². The number of ether oxygens (including phenoxy) is 1. The minimum Gasteiger partial charge on any atom is -0.463 e. The maximum absolute atomic E-state index is 6.06. The van der Waals surface area contributed by atoms with Crippen LogP contribution in [0.15, 0.2) is 36.4 Å². The molecule has 0 aliphatic carbocycles. The van der Waals surface area contributed by atoms with Crippen molar-refractivity contribution in [3.8, 4) is 6.01 Å². The zero-order chi connectivity index (χ0) is 16.5. The van der Waals surface area contributed by atoms with Crippen LogP contribution in [0.25, 0.3) is 11.2 Å². The van der Waals surface area contributed by atoms with Gasteiger partial charge in [0.2, 0.25) is 0 Å². The van der Waals surface area contributed by atoms with Gasteiger partial charge in [-0.05, 0) is 30.9 Å². The van der Waals surface area contributed by atoms with Gasteiger partial charge in [0, 0.05) is 0 Å². The van der Waals surface area contributed by atoms with E-state index < -0.39 is 0 Å². The summed E-state index contributed by atoms with van der Waals surface area (Å²) in [6, 6.07) is 8.76. The van der Waals surface area contributed by atoms with Crippen LogP contribution in [0.4, 0.5) is 5.82 Å². The van der Waals surface area contributed by atoms with Crippen LogP contribution in [0.5, 0.6) is 6.01 Å². The summed E-state index contributed by atoms with van der Waals surface area (Å²) in [5.74, 6) is 1.22. The molecular formula is C18H19N5O. The number of imidazole rings is 1. The van der Waals surface area contributed by atoms with Crippen molar-refractivity contribution in [1.29, 1.82) is 0 Å². The van der Waals surface area contributed by atoms with Gasteiger partial charge < -0.3 is 15.0 Å². The van der Waals surface area contributed by atoms with Gasteiger partial charge in [-0.15, -0.1) is 0 Å². The third kappa shape index (κ3) is 2.60. The second kappa shape index (κ2) is 5.96. The van der Waals surface area contributed by atoms with Gasteiger partial charge in [0.05, 0.1) is 13.2 Å². The number of allylic oxidation sites excluding steroid dienone is 1. The Morgan fingerprint density at radius 1 is 1.08 bits per heavy atom. The second-order valence-corrected chi connectivity index (χ2v) is 5.89. The smallest absolute Gasteiger partial charge is 0.320 e. The Morgan fingerprint density at radius 3 is 2.79 bits per heavy atom. The van der Waals surface area contributed by atoms with Gasteiger partial charge in [-0.25, -0.2) is 4.98 Å². The van der Waals surface area contributed by atoms with E-state index in [2.05, 4.69) is 55.9 Å². The van der Waals surface area contributed by atoms with Crippen molar-refractivity contribution in [2.75, 3.05) is 12.3 Å². The largest absolute Gasteiger partial charge is 0.463 e. The lowest BCUT2D eigenvalue weighted by atomic mass is 10.0. The molecule has 0 atom stereocenters. The minimum atomic E-state index is 0.307. The molecule has 0 amide bonds. The second-order valence-electron chi connectivity index (χ2n) is 5.89. The van der Waals surface area contributed by atoms with Crippen molar-refractivity contribution < 1.29 is 4.74 Å². The maximum Gasteiger partial charge on any atom is 0.320 e. The average molecular weight is 321 g/mol. The lowest BCUT2D eigenvalue weighted by Gasteiger charge is -2.11. The number of aromatic nitrogens is 4. The van der Waals surface area contributed by atoms with Gasteiger partial charge >= 0.3 is 6.01 Å². The summed E-state index contributed by atoms with van der Waals surface area (Å²) in [5.41, 5.74) is 9.96. The fraction of sp³-hybridized carbons (Fsp3) is 0.278. The molecule has 3 aromatic rings. The van der Waals surface area contributed by atoms with E-state index in [9.17, 15) is 0 Å². The summed E-state index contributed by atoms with van der Waals surface area (Å²) >= 11 is 0. The Kier molecular flexibility index (Phi) is 3.65. The predicted octanol–water partition coefficient (Wildman–Crippen LogP) is 2.65. The van der Waals surface area contributed by atoms with E-state index >= 15 is 0 Å². The van der Waals surface area contributed by atoms with E-state index in [4.69, 9.17) is 10.5 Å². The van der Waals surface area contributed by atoms with Crippen molar-refractivity contribution in [1.82, 2.24) is 19.5 Å². The Hall–Kier alpha value is -2.89. The number of aryl methyl sites for hydroxylation is 1. The zero-order valence-corrected chi connectivity index (χ0v) is 13.6. The number of fused-ring (bicyclic) bond motifs is 2. The molecule has 0 unspecified atom stereocenters. The first kappa shape index (κ1) is 14.7. The number of nitrogen functional groups attached to an aromatic ring is 1. The lowest BCUT2D eigenvalue weighted by Crippen LogP contribution is -2.07. The summed E-state index contributed by atoms with van der Waals surface area (Å²) in [5, 5.41) is 0. The summed E-state index contributed by atoms with van der Waals surface area (Å²) in [4.78, 5) is 13.3. The monoisotopic (exact) mass is 321 g/mol. The highest BCUT2D eigenvalue weighted by Gasteiger charge is 2.16. The Labute approximate surface area is 140 Å². The number of benzene rings is 1. The number of nitrogens with zero attached hydrogens (tertiary/aromatic N) is 4. The topological polar surface area (TPSA) is 78.9 Å². The lowest BCUT2D eigenvalue weighted by molar-refractivity contribution is 0.300. The number of nitrogens with two attached hydrogens (primary N) is 1. The molecule has 1 aliphatic rings. The van der Waals surface area contributed by atoms with Crippen LogP contribution in [0, 0.1) is 6.92 Å². The molecule has 0 radical (unpaired) electrons. The Morgan fingerprint density at radius 2 is 1.92 bits per heavy atom. The number of rotatable bonds is 0. The van der Waals surface area contributed by atoms with Crippen molar-refractivity contribution >= 4 is 17.0 Å². The molecule has 3 heterocycles. The zero-order valence-electron chi connectivity index (χ0n) is 13.6. The van der Waals surface area contributed by atoms with Crippen molar-refractivity contribution in [2.24, 2.45) is 0 Å². The Bertz CT molecular complexity index is 929. The number of hydrogen-bond donors (Lipinski definition) is 1. The van der Waals surface area contributed by atoms with Crippen LogP contribution < -0.4 is 10.5 Å². The molecule has 2 bridgehead atoms. The SMILES string of the molecule is Cc1nc2c(N)nc3nc2n1Cc1ccccc1C/C=C\CCO3. The summed E-state index contributed by atoms with van der Waals surface area (Å²) in [6.07, 6.45) is 6.02. The highest BCUT2D eigenvalue weighted by molar-refractivity contribution is 5.82. The molecule has 122 valence electrons. The maximum atomic E-state index is 6.06. The molecule has 2 aromatic heterocycles. The van der Waals surface area contributed by atoms with Crippen LogP contribution in [-0.4, -0.2) is 26.1 Å². The molecule has 1 aliphatic heterocycles. The van der Waals surface area contributed by atoms with Crippen molar-refractivity contribution in [3.05, 3.63) is 53.4 Å². The van der Waals surface area contributed by atoms with Gasteiger partial charge in [-0.1, -0.05) is 36.4 Å². The van der Waals surface area contributed by atoms with Gasteiger partial charge in [0.15, 0.2) is 17.0 Å². The molecule has 0 fully saturated rings. The first-order chi connectivity index (χ1) is 11.7. The summed E-state index contributed by atoms with van der Waals surface area (Å²) < 4.78 is 7.72. The molecule has 0 saturated carbocycles. The quantitative estimate of drug-likeness (QED) is 0.644. The Balaban J connectivity index is 1.91. The predicted molar refractivity (Wildman–Crippen MR) is 93.0 cm³/mol. The first-order valence-electron chi connectivity index (χ1n) is 8.07. The first-order valence-corrected chi connectivity index (χ1v) is 8.07. The van der Waals surface area contributed by atoms with E-state index in [-0.39, 0.29) is 0 Å². The van der Waals surface area contributed by atoms with E-state index in [1.54, 1.807) is 0 Å². The molecular weight excluding hydrogens is 302 g/mol. The van der Waals surface area contributed by atoms with Gasteiger partial charge in [-0.3, -0.25) is 0 Å². The summed E-state index contributed by atoms with van der Waals surface area (Å²) in [6.45, 7) is 3.18. The van der Waals surface area contributed by atoms with E-state index in [0.717, 1.165) is 24.3 Å². The molecule has 6 heteroatoms. The van der Waals surface area contributed by atoms with Crippen LogP contribution >= 0.6 is 0 Å². The average Bonchev–Trinajstić information content (AvgIpc) is 2.89. The molecule has 4 rings (SSSR count). The third-order valence-corrected chi connectivity index (χ3v) is 4.26. The fourth-order valence-corrected chi connectivity index (χ4v) is 2.99. The summed E-state index contributed by atoms with van der Waals surface area (Å²) in [7, 11) is 0. The van der Waals surface area contributed by atoms with Gasteiger partial charge in [0.1, 0.15) is 5.82 Å². The standard InChI is InChI=1S/C18H19N5O/c1-12-20-15-16(19)21-18-22-17(15)23(12)11-14-9-5-4-8-13(14)7-3-2-6-10-24-18/h2-5,8-9H,6-7,10-11H2,1H3,(H2,19,21,22)/b3-2-. The fourth-order valence-electron chi connectivity index (χ4n) is 2.99. The third-order valence-electron chi connectivity index (χ3n) is 4.26. The van der Waals surface area contributed by atoms with Crippen molar-refractivity contribution in [2.45, 2.75) is 26.3 Å². The van der Waals surface area contributed by atoms with Crippen LogP contribution in [0.1, 0.15) is 23.4 Å². The number of anilines is 1. The van der Waals surface area contributed by atoms with Crippen molar-refractivity contribution in [3.63, 3.8) is 0 Å². The molecule has 0 saturated heterocycles. The minimum absolute atomic E-state index is 0.307. The van der Waals surface area contributed by atoms with Gasteiger partial charge in [0.25, 0.3) is 0 Å². The molecule has 0 spiro atoms. The molecule has 1 aromatic carbocycles. The highest BCUT2D eigenvalue weighted by Crippen LogP contribution is 2.24. The molecule has 2 N–H and O–H groups in total.